The van der Waals surface area contributed by atoms with Crippen molar-refractivity contribution in [2.24, 2.45) is 0 Å². The third-order valence-electron chi connectivity index (χ3n) is 3.99. The number of fused-ring (bicyclic) bond motifs is 1. The highest BCUT2D eigenvalue weighted by atomic mass is 79.9. The fourth-order valence-electron chi connectivity index (χ4n) is 2.71. The first kappa shape index (κ1) is 17.5. The molecule has 0 N–H and O–H groups in total. The standard InChI is InChI=1S/C20H19BrO4/c1-3-23-20(22)10-16-13(2)5-4-6-18(16)24-11-14-12-25-19-8-7-15(21)9-17(14)19/h4-9,12H,3,10-11H2,1-2H3. The normalized spacial score (nSPS) is 10.8. The number of hydrogen-bond acceptors (Lipinski definition) is 4. The Balaban J connectivity index is 1.81. The van der Waals surface area contributed by atoms with E-state index in [1.807, 2.05) is 43.3 Å². The summed E-state index contributed by atoms with van der Waals surface area (Å²) in [5.74, 6) is 0.441. The van der Waals surface area contributed by atoms with Crippen molar-refractivity contribution in [3.05, 3.63) is 63.8 Å². The average Bonchev–Trinajstić information content (AvgIpc) is 2.98. The van der Waals surface area contributed by atoms with Gasteiger partial charge in [0.05, 0.1) is 19.3 Å². The van der Waals surface area contributed by atoms with E-state index in [9.17, 15) is 4.79 Å². The predicted molar refractivity (Wildman–Crippen MR) is 99.8 cm³/mol. The summed E-state index contributed by atoms with van der Waals surface area (Å²) in [7, 11) is 0. The first-order valence-electron chi connectivity index (χ1n) is 8.11. The summed E-state index contributed by atoms with van der Waals surface area (Å²) in [6, 6.07) is 11.6. The third kappa shape index (κ3) is 4.04. The van der Waals surface area contributed by atoms with E-state index in [-0.39, 0.29) is 12.4 Å². The van der Waals surface area contributed by atoms with Gasteiger partial charge in [0.1, 0.15) is 17.9 Å². The van der Waals surface area contributed by atoms with E-state index in [1.165, 1.54) is 0 Å². The minimum absolute atomic E-state index is 0.202. The fourth-order valence-corrected chi connectivity index (χ4v) is 3.08. The number of carbonyl (C=O) groups excluding carboxylic acids is 1. The number of furan rings is 1. The Bertz CT molecular complexity index is 898. The lowest BCUT2D eigenvalue weighted by atomic mass is 10.0. The molecule has 0 radical (unpaired) electrons. The van der Waals surface area contributed by atoms with Crippen molar-refractivity contribution < 1.29 is 18.7 Å². The maximum absolute atomic E-state index is 11.9. The lowest BCUT2D eigenvalue weighted by Gasteiger charge is -2.13. The van der Waals surface area contributed by atoms with Gasteiger partial charge in [0.15, 0.2) is 0 Å². The maximum atomic E-state index is 11.9. The van der Waals surface area contributed by atoms with E-state index in [0.29, 0.717) is 19.0 Å². The molecule has 2 aromatic carbocycles. The van der Waals surface area contributed by atoms with Crippen LogP contribution in [-0.4, -0.2) is 12.6 Å². The number of benzene rings is 2. The number of aryl methyl sites for hydroxylation is 1. The smallest absolute Gasteiger partial charge is 0.310 e. The Labute approximate surface area is 154 Å². The molecule has 1 aromatic heterocycles. The predicted octanol–water partition coefficient (Wildman–Crippen LogP) is 5.19. The summed E-state index contributed by atoms with van der Waals surface area (Å²) in [6.07, 6.45) is 1.91. The van der Waals surface area contributed by atoms with Crippen LogP contribution in [0, 0.1) is 6.92 Å². The van der Waals surface area contributed by atoms with Gasteiger partial charge in [-0.15, -0.1) is 0 Å². The van der Waals surface area contributed by atoms with Crippen LogP contribution in [0.25, 0.3) is 11.0 Å². The van der Waals surface area contributed by atoms with Crippen LogP contribution in [0.2, 0.25) is 0 Å². The summed E-state index contributed by atoms with van der Waals surface area (Å²) in [4.78, 5) is 11.9. The van der Waals surface area contributed by atoms with E-state index in [1.54, 1.807) is 13.2 Å². The summed E-state index contributed by atoms with van der Waals surface area (Å²) >= 11 is 3.48. The number of rotatable bonds is 6. The third-order valence-corrected chi connectivity index (χ3v) is 4.49. The molecule has 0 saturated carbocycles. The molecule has 0 aliphatic heterocycles. The zero-order chi connectivity index (χ0) is 17.8. The molecule has 5 heteroatoms. The topological polar surface area (TPSA) is 48.7 Å². The molecule has 0 unspecified atom stereocenters. The molecule has 3 rings (SSSR count). The van der Waals surface area contributed by atoms with Crippen molar-refractivity contribution in [2.45, 2.75) is 26.9 Å². The van der Waals surface area contributed by atoms with Gasteiger partial charge in [-0.1, -0.05) is 28.1 Å². The summed E-state index contributed by atoms with van der Waals surface area (Å²) in [5.41, 5.74) is 3.64. The molecule has 3 aromatic rings. The number of hydrogen-bond donors (Lipinski definition) is 0. The summed E-state index contributed by atoms with van der Waals surface area (Å²) in [6.45, 7) is 4.50. The van der Waals surface area contributed by atoms with Crippen LogP contribution in [0.4, 0.5) is 0 Å². The number of ether oxygens (including phenoxy) is 2. The number of halogens is 1. The minimum atomic E-state index is -0.251. The second-order valence-electron chi connectivity index (χ2n) is 5.72. The molecule has 0 saturated heterocycles. The molecule has 130 valence electrons. The van der Waals surface area contributed by atoms with Crippen LogP contribution in [0.1, 0.15) is 23.6 Å². The first-order valence-corrected chi connectivity index (χ1v) is 8.90. The van der Waals surface area contributed by atoms with Gasteiger partial charge >= 0.3 is 5.97 Å². The molecule has 0 bridgehead atoms. The molecule has 0 aliphatic carbocycles. The van der Waals surface area contributed by atoms with E-state index in [4.69, 9.17) is 13.9 Å². The van der Waals surface area contributed by atoms with E-state index >= 15 is 0 Å². The first-order chi connectivity index (χ1) is 12.1. The van der Waals surface area contributed by atoms with Crippen molar-refractivity contribution in [2.75, 3.05) is 6.61 Å². The minimum Gasteiger partial charge on any atom is -0.488 e. The molecule has 0 amide bonds. The second kappa shape index (κ2) is 7.74. The molecule has 25 heavy (non-hydrogen) atoms. The maximum Gasteiger partial charge on any atom is 0.310 e. The molecule has 1 heterocycles. The van der Waals surface area contributed by atoms with Crippen LogP contribution in [0.15, 0.2) is 51.6 Å². The van der Waals surface area contributed by atoms with E-state index in [0.717, 1.165) is 32.1 Å². The van der Waals surface area contributed by atoms with Gasteiger partial charge in [0.25, 0.3) is 0 Å². The SMILES string of the molecule is CCOC(=O)Cc1c(C)cccc1OCc1coc2ccc(Br)cc12. The van der Waals surface area contributed by atoms with Gasteiger partial charge in [-0.05, 0) is 43.7 Å². The molecule has 0 atom stereocenters. The number of esters is 1. The van der Waals surface area contributed by atoms with E-state index in [2.05, 4.69) is 15.9 Å². The fraction of sp³-hybridized carbons (Fsp3) is 0.250. The van der Waals surface area contributed by atoms with Gasteiger partial charge in [0.2, 0.25) is 0 Å². The Morgan fingerprint density at radius 2 is 2.08 bits per heavy atom. The van der Waals surface area contributed by atoms with Gasteiger partial charge in [-0.2, -0.15) is 0 Å². The van der Waals surface area contributed by atoms with E-state index < -0.39 is 0 Å². The zero-order valence-corrected chi connectivity index (χ0v) is 15.8. The van der Waals surface area contributed by atoms with Gasteiger partial charge < -0.3 is 13.9 Å². The molecule has 0 aliphatic rings. The summed E-state index contributed by atoms with van der Waals surface area (Å²) in [5, 5.41) is 1.01. The molecule has 0 fully saturated rings. The monoisotopic (exact) mass is 402 g/mol. The quantitative estimate of drug-likeness (QED) is 0.532. The molecular weight excluding hydrogens is 384 g/mol. The second-order valence-corrected chi connectivity index (χ2v) is 6.64. The largest absolute Gasteiger partial charge is 0.488 e. The molecular formula is C20H19BrO4. The highest BCUT2D eigenvalue weighted by Gasteiger charge is 2.14. The molecule has 0 spiro atoms. The van der Waals surface area contributed by atoms with Crippen LogP contribution >= 0.6 is 15.9 Å². The van der Waals surface area contributed by atoms with Crippen LogP contribution in [-0.2, 0) is 22.6 Å². The lowest BCUT2D eigenvalue weighted by molar-refractivity contribution is -0.142. The van der Waals surface area contributed by atoms with Crippen LogP contribution in [0.3, 0.4) is 0 Å². The summed E-state index contributed by atoms with van der Waals surface area (Å²) < 4.78 is 17.6. The van der Waals surface area contributed by atoms with Crippen LogP contribution < -0.4 is 4.74 Å². The van der Waals surface area contributed by atoms with Crippen molar-refractivity contribution >= 4 is 32.9 Å². The Morgan fingerprint density at radius 1 is 1.24 bits per heavy atom. The molecule has 4 nitrogen and oxygen atoms in total. The van der Waals surface area contributed by atoms with Crippen molar-refractivity contribution in [1.29, 1.82) is 0 Å². The van der Waals surface area contributed by atoms with Crippen LogP contribution in [0.5, 0.6) is 5.75 Å². The van der Waals surface area contributed by atoms with Gasteiger partial charge in [-0.3, -0.25) is 4.79 Å². The Morgan fingerprint density at radius 3 is 2.88 bits per heavy atom. The van der Waals surface area contributed by atoms with Crippen molar-refractivity contribution in [1.82, 2.24) is 0 Å². The van der Waals surface area contributed by atoms with Crippen molar-refractivity contribution in [3.63, 3.8) is 0 Å². The van der Waals surface area contributed by atoms with Gasteiger partial charge in [0, 0.05) is 21.0 Å². The van der Waals surface area contributed by atoms with Gasteiger partial charge in [-0.25, -0.2) is 0 Å². The highest BCUT2D eigenvalue weighted by Crippen LogP contribution is 2.28. The van der Waals surface area contributed by atoms with Crippen molar-refractivity contribution in [3.8, 4) is 5.75 Å². The lowest BCUT2D eigenvalue weighted by Crippen LogP contribution is -2.10. The Hall–Kier alpha value is -2.27. The number of carbonyl (C=O) groups is 1. The highest BCUT2D eigenvalue weighted by molar-refractivity contribution is 9.10. The zero-order valence-electron chi connectivity index (χ0n) is 14.2. The average molecular weight is 403 g/mol. The Kier molecular flexibility index (Phi) is 5.43.